The van der Waals surface area contributed by atoms with E-state index in [0.717, 1.165) is 29.1 Å². The average molecular weight is 405 g/mol. The number of carbonyl (C=O) groups is 1. The lowest BCUT2D eigenvalue weighted by Crippen LogP contribution is -2.21. The van der Waals surface area contributed by atoms with Crippen LogP contribution in [0.4, 0.5) is 4.39 Å². The Morgan fingerprint density at radius 3 is 2.54 bits per heavy atom. The van der Waals surface area contributed by atoms with E-state index in [0.29, 0.717) is 22.3 Å². The van der Waals surface area contributed by atoms with Crippen LogP contribution in [0.2, 0.25) is 0 Å². The van der Waals surface area contributed by atoms with Crippen molar-refractivity contribution in [2.24, 2.45) is 0 Å². The minimum atomic E-state index is -0.992. The lowest BCUT2D eigenvalue weighted by molar-refractivity contribution is 0.0701. The first kappa shape index (κ1) is 21.8. The third-order valence-electron chi connectivity index (χ3n) is 4.48. The fourth-order valence-corrected chi connectivity index (χ4v) is 4.10. The zero-order valence-electron chi connectivity index (χ0n) is 16.7. The molecule has 0 fully saturated rings. The summed E-state index contributed by atoms with van der Waals surface area (Å²) in [5.41, 5.74) is 1.40. The van der Waals surface area contributed by atoms with E-state index in [-0.39, 0.29) is 22.2 Å². The van der Waals surface area contributed by atoms with Crippen LogP contribution in [0.5, 0.6) is 0 Å². The number of aromatic nitrogens is 2. The second-order valence-corrected chi connectivity index (χ2v) is 7.46. The molecule has 0 radical (unpaired) electrons. The van der Waals surface area contributed by atoms with Crippen LogP contribution in [0.1, 0.15) is 59.7 Å². The molecule has 0 bridgehead atoms. The lowest BCUT2D eigenvalue weighted by Gasteiger charge is -2.04. The maximum atomic E-state index is 12.4. The number of thiophene rings is 1. The molecule has 1 aliphatic rings. The van der Waals surface area contributed by atoms with Gasteiger partial charge in [0.05, 0.1) is 5.39 Å². The van der Waals surface area contributed by atoms with Crippen LogP contribution in [0, 0.1) is 19.7 Å². The maximum absolute atomic E-state index is 12.4. The van der Waals surface area contributed by atoms with Gasteiger partial charge in [0.15, 0.2) is 0 Å². The van der Waals surface area contributed by atoms with E-state index >= 15 is 0 Å². The van der Waals surface area contributed by atoms with Gasteiger partial charge in [0.1, 0.15) is 21.3 Å². The molecule has 3 aromatic rings. The van der Waals surface area contributed by atoms with Crippen molar-refractivity contribution in [3.63, 3.8) is 0 Å². The Balaban J connectivity index is 0.000000236. The minimum Gasteiger partial charge on any atom is -0.477 e. The van der Waals surface area contributed by atoms with Crippen molar-refractivity contribution in [3.8, 4) is 0 Å². The number of carboxylic acid groups (broad SMARTS) is 1. The van der Waals surface area contributed by atoms with Crippen LogP contribution in [0.15, 0.2) is 29.1 Å². The summed E-state index contributed by atoms with van der Waals surface area (Å²) in [6, 6.07) is 6.50. The third-order valence-corrected chi connectivity index (χ3v) is 5.65. The highest BCUT2D eigenvalue weighted by molar-refractivity contribution is 7.20. The molecule has 0 amide bonds. The molecule has 0 aliphatic carbocycles. The highest BCUT2D eigenvalue weighted by Crippen LogP contribution is 2.31. The summed E-state index contributed by atoms with van der Waals surface area (Å²) in [4.78, 5) is 28.7. The van der Waals surface area contributed by atoms with Gasteiger partial charge in [0.25, 0.3) is 5.56 Å². The normalized spacial score (nSPS) is 14.6. The largest absolute Gasteiger partial charge is 0.477 e. The van der Waals surface area contributed by atoms with E-state index in [1.54, 1.807) is 17.6 Å². The van der Waals surface area contributed by atoms with Gasteiger partial charge < -0.3 is 5.11 Å². The zero-order valence-corrected chi connectivity index (χ0v) is 17.6. The van der Waals surface area contributed by atoms with Crippen LogP contribution in [0.3, 0.4) is 0 Å². The molecule has 150 valence electrons. The molecule has 1 unspecified atom stereocenters. The average Bonchev–Trinajstić information content (AvgIpc) is 3.19. The molecular weight excluding hydrogens is 379 g/mol. The lowest BCUT2D eigenvalue weighted by atomic mass is 10.1. The van der Waals surface area contributed by atoms with E-state index in [1.807, 2.05) is 33.8 Å². The molecular formula is C21H25FN2O3S. The molecule has 28 heavy (non-hydrogen) atoms. The van der Waals surface area contributed by atoms with Crippen LogP contribution in [0.25, 0.3) is 10.2 Å². The van der Waals surface area contributed by atoms with E-state index in [2.05, 4.69) is 4.98 Å². The molecule has 2 aromatic heterocycles. The molecule has 0 saturated heterocycles. The molecule has 5 nitrogen and oxygen atoms in total. The van der Waals surface area contributed by atoms with Gasteiger partial charge in [-0.25, -0.2) is 14.2 Å². The summed E-state index contributed by atoms with van der Waals surface area (Å²) >= 11 is 1.09. The Morgan fingerprint density at radius 2 is 2.00 bits per heavy atom. The Hall–Kier alpha value is -2.54. The van der Waals surface area contributed by atoms with E-state index in [1.165, 1.54) is 12.1 Å². The first-order valence-corrected chi connectivity index (χ1v) is 10.1. The second kappa shape index (κ2) is 9.10. The first-order chi connectivity index (χ1) is 13.3. The highest BCUT2D eigenvalue weighted by Gasteiger charge is 2.26. The molecule has 7 heteroatoms. The standard InChI is InChI=1S/C12H12N2O3S.C7H7F.C2H6/c1-5-3-4-14-9(5)13-10-7(11(14)15)6(2)8(18-10)12(16)17;1-6-3-2-4-7(8)5-6;1-2/h5H,3-4H2,1-2H3,(H,16,17);2-5H,1H3;1-2H3. The van der Waals surface area contributed by atoms with E-state index < -0.39 is 5.97 Å². The van der Waals surface area contributed by atoms with E-state index in [4.69, 9.17) is 5.11 Å². The minimum absolute atomic E-state index is 0.0967. The van der Waals surface area contributed by atoms with Crippen molar-refractivity contribution < 1.29 is 14.3 Å². The Kier molecular flexibility index (Phi) is 7.07. The first-order valence-electron chi connectivity index (χ1n) is 9.29. The number of aromatic carboxylic acids is 1. The van der Waals surface area contributed by atoms with Crippen LogP contribution < -0.4 is 5.56 Å². The molecule has 3 heterocycles. The van der Waals surface area contributed by atoms with Gasteiger partial charge in [-0.15, -0.1) is 11.3 Å². The molecule has 1 aliphatic heterocycles. The Morgan fingerprint density at radius 1 is 1.32 bits per heavy atom. The Bertz CT molecular complexity index is 1040. The number of hydrogen-bond acceptors (Lipinski definition) is 4. The molecule has 1 N–H and O–H groups in total. The quantitative estimate of drug-likeness (QED) is 0.610. The molecule has 0 saturated carbocycles. The fourth-order valence-electron chi connectivity index (χ4n) is 3.09. The number of fused-ring (bicyclic) bond motifs is 2. The summed E-state index contributed by atoms with van der Waals surface area (Å²) in [5.74, 6) is -0.110. The second-order valence-electron chi connectivity index (χ2n) is 6.46. The van der Waals surface area contributed by atoms with E-state index in [9.17, 15) is 14.0 Å². The predicted molar refractivity (Wildman–Crippen MR) is 111 cm³/mol. The highest BCUT2D eigenvalue weighted by atomic mass is 32.1. The van der Waals surface area contributed by atoms with Gasteiger partial charge in [-0.3, -0.25) is 9.36 Å². The number of nitrogens with zero attached hydrogens (tertiary/aromatic N) is 2. The van der Waals surface area contributed by atoms with Crippen molar-refractivity contribution >= 4 is 27.5 Å². The van der Waals surface area contributed by atoms with Crippen LogP contribution >= 0.6 is 11.3 Å². The van der Waals surface area contributed by atoms with Crippen molar-refractivity contribution in [2.45, 2.75) is 53.5 Å². The van der Waals surface area contributed by atoms with Crippen molar-refractivity contribution in [1.29, 1.82) is 0 Å². The van der Waals surface area contributed by atoms with Crippen LogP contribution in [-0.2, 0) is 6.54 Å². The molecule has 1 aromatic carbocycles. The zero-order chi connectivity index (χ0) is 21.0. The van der Waals surface area contributed by atoms with Crippen molar-refractivity contribution in [3.05, 3.63) is 62.3 Å². The van der Waals surface area contributed by atoms with Crippen molar-refractivity contribution in [1.82, 2.24) is 9.55 Å². The summed E-state index contributed by atoms with van der Waals surface area (Å²) in [6.07, 6.45) is 0.921. The summed E-state index contributed by atoms with van der Waals surface area (Å²) in [6.45, 7) is 10.3. The third kappa shape index (κ3) is 4.30. The number of hydrogen-bond donors (Lipinski definition) is 1. The van der Waals surface area contributed by atoms with Crippen LogP contribution in [-0.4, -0.2) is 20.6 Å². The summed E-state index contributed by atoms with van der Waals surface area (Å²) in [5, 5.41) is 9.56. The fraction of sp³-hybridized carbons (Fsp3) is 0.381. The predicted octanol–water partition coefficient (Wildman–Crippen LogP) is 5.13. The SMILES string of the molecule is CC.Cc1c(C(=O)O)sc2nc3n(c(=O)c12)CCC3C.Cc1cccc(F)c1. The number of halogens is 1. The van der Waals surface area contributed by atoms with Gasteiger partial charge in [-0.2, -0.15) is 0 Å². The summed E-state index contributed by atoms with van der Waals surface area (Å²) < 4.78 is 13.8. The topological polar surface area (TPSA) is 72.2 Å². The molecule has 4 rings (SSSR count). The van der Waals surface area contributed by atoms with Gasteiger partial charge in [-0.05, 0) is 43.5 Å². The van der Waals surface area contributed by atoms with Gasteiger partial charge in [0.2, 0.25) is 0 Å². The van der Waals surface area contributed by atoms with Gasteiger partial charge >= 0.3 is 5.97 Å². The molecule has 0 spiro atoms. The summed E-state index contributed by atoms with van der Waals surface area (Å²) in [7, 11) is 0. The van der Waals surface area contributed by atoms with Crippen molar-refractivity contribution in [2.75, 3.05) is 0 Å². The number of rotatable bonds is 1. The number of benzene rings is 1. The smallest absolute Gasteiger partial charge is 0.346 e. The van der Waals surface area contributed by atoms with Gasteiger partial charge in [-0.1, -0.05) is 32.9 Å². The number of aryl methyl sites for hydroxylation is 2. The molecule has 1 atom stereocenters. The number of carboxylic acids is 1. The monoisotopic (exact) mass is 404 g/mol. The maximum Gasteiger partial charge on any atom is 0.346 e. The van der Waals surface area contributed by atoms with Gasteiger partial charge in [0, 0.05) is 12.5 Å². The Labute approximate surface area is 167 Å².